The van der Waals surface area contributed by atoms with Crippen LogP contribution in [0.1, 0.15) is 32.1 Å². The Hall–Kier alpha value is -2.50. The summed E-state index contributed by atoms with van der Waals surface area (Å²) in [5.41, 5.74) is 0. The SMILES string of the molecule is C=CCN(C(=CC(=O)O)N1CCCC1)C1CCCC(C=C)C(=O)N1C=C. The summed E-state index contributed by atoms with van der Waals surface area (Å²) in [6.45, 7) is 13.5. The molecule has 1 amide bonds. The molecule has 142 valence electrons. The maximum absolute atomic E-state index is 12.9. The molecule has 2 saturated heterocycles. The van der Waals surface area contributed by atoms with Crippen LogP contribution in [0.3, 0.4) is 0 Å². The lowest BCUT2D eigenvalue weighted by Gasteiger charge is -2.42. The summed E-state index contributed by atoms with van der Waals surface area (Å²) in [5, 5.41) is 9.40. The number of amides is 1. The van der Waals surface area contributed by atoms with Crippen LogP contribution < -0.4 is 0 Å². The first-order valence-corrected chi connectivity index (χ1v) is 9.17. The molecule has 2 fully saturated rings. The minimum atomic E-state index is -0.991. The minimum Gasteiger partial charge on any atom is -0.478 e. The van der Waals surface area contributed by atoms with Crippen molar-refractivity contribution >= 4 is 11.9 Å². The Bertz CT molecular complexity index is 593. The lowest BCUT2D eigenvalue weighted by Crippen LogP contribution is -2.50. The first-order valence-electron chi connectivity index (χ1n) is 9.17. The number of carboxylic acids is 1. The van der Waals surface area contributed by atoms with Crippen molar-refractivity contribution in [2.75, 3.05) is 19.6 Å². The van der Waals surface area contributed by atoms with Crippen molar-refractivity contribution in [3.63, 3.8) is 0 Å². The highest BCUT2D eigenvalue weighted by Crippen LogP contribution is 2.29. The van der Waals surface area contributed by atoms with Crippen LogP contribution in [0, 0.1) is 5.92 Å². The molecule has 6 nitrogen and oxygen atoms in total. The molecular weight excluding hydrogens is 330 g/mol. The molecular formula is C20H29N3O3. The minimum absolute atomic E-state index is 0.0392. The maximum atomic E-state index is 12.9. The molecule has 0 aromatic rings. The van der Waals surface area contributed by atoms with Gasteiger partial charge in [-0.15, -0.1) is 13.2 Å². The zero-order valence-corrected chi connectivity index (χ0v) is 15.3. The summed E-state index contributed by atoms with van der Waals surface area (Å²) in [4.78, 5) is 30.0. The predicted molar refractivity (Wildman–Crippen MR) is 102 cm³/mol. The molecule has 2 rings (SSSR count). The largest absolute Gasteiger partial charge is 0.478 e. The summed E-state index contributed by atoms with van der Waals surface area (Å²) in [6, 6.07) is 0. The van der Waals surface area contributed by atoms with E-state index in [4.69, 9.17) is 0 Å². The first kappa shape index (κ1) is 19.8. The van der Waals surface area contributed by atoms with Gasteiger partial charge in [-0.2, -0.15) is 0 Å². The second kappa shape index (κ2) is 9.27. The molecule has 0 aliphatic carbocycles. The first-order chi connectivity index (χ1) is 12.5. The number of hydrogen-bond donors (Lipinski definition) is 1. The Morgan fingerprint density at radius 2 is 1.88 bits per heavy atom. The van der Waals surface area contributed by atoms with Crippen LogP contribution >= 0.6 is 0 Å². The predicted octanol–water partition coefficient (Wildman–Crippen LogP) is 2.78. The van der Waals surface area contributed by atoms with Crippen molar-refractivity contribution in [3.8, 4) is 0 Å². The van der Waals surface area contributed by atoms with Gasteiger partial charge in [0.15, 0.2) is 0 Å². The van der Waals surface area contributed by atoms with E-state index in [0.29, 0.717) is 12.4 Å². The molecule has 0 aromatic heterocycles. The molecule has 0 saturated carbocycles. The lowest BCUT2D eigenvalue weighted by atomic mass is 10.0. The normalized spacial score (nSPS) is 24.2. The van der Waals surface area contributed by atoms with E-state index in [1.807, 2.05) is 4.90 Å². The van der Waals surface area contributed by atoms with Crippen LogP contribution in [0.4, 0.5) is 0 Å². The standard InChI is InChI=1S/C20H29N3O3/c1-4-12-23(18(15-19(24)25)21-13-7-8-14-21)17-11-9-10-16(5-2)20(26)22(17)6-3/h4-6,15-17H,1-3,7-14H2,(H,24,25). The van der Waals surface area contributed by atoms with Crippen LogP contribution in [-0.4, -0.2) is 57.5 Å². The molecule has 2 atom stereocenters. The van der Waals surface area contributed by atoms with Crippen LogP contribution in [0.2, 0.25) is 0 Å². The number of likely N-dealkylation sites (tertiary alicyclic amines) is 2. The van der Waals surface area contributed by atoms with E-state index >= 15 is 0 Å². The monoisotopic (exact) mass is 359 g/mol. The third-order valence-corrected chi connectivity index (χ3v) is 5.01. The molecule has 0 bridgehead atoms. The molecule has 0 spiro atoms. The van der Waals surface area contributed by atoms with E-state index in [1.165, 1.54) is 6.08 Å². The summed E-state index contributed by atoms with van der Waals surface area (Å²) in [7, 11) is 0. The van der Waals surface area contributed by atoms with Crippen LogP contribution in [-0.2, 0) is 9.59 Å². The van der Waals surface area contributed by atoms with E-state index in [-0.39, 0.29) is 18.0 Å². The van der Waals surface area contributed by atoms with Crippen molar-refractivity contribution in [2.24, 2.45) is 5.92 Å². The lowest BCUT2D eigenvalue weighted by molar-refractivity contribution is -0.135. The van der Waals surface area contributed by atoms with Gasteiger partial charge in [0.2, 0.25) is 5.91 Å². The van der Waals surface area contributed by atoms with Crippen LogP contribution in [0.5, 0.6) is 0 Å². The van der Waals surface area contributed by atoms with E-state index in [0.717, 1.165) is 45.2 Å². The molecule has 2 aliphatic rings. The summed E-state index contributed by atoms with van der Waals surface area (Å²) in [6.07, 6.45) is 10.3. The van der Waals surface area contributed by atoms with Gasteiger partial charge >= 0.3 is 5.97 Å². The number of carbonyl (C=O) groups is 2. The van der Waals surface area contributed by atoms with E-state index in [9.17, 15) is 14.7 Å². The Labute approximate surface area is 155 Å². The van der Waals surface area contributed by atoms with Crippen molar-refractivity contribution in [2.45, 2.75) is 38.3 Å². The summed E-state index contributed by atoms with van der Waals surface area (Å²) in [5.74, 6) is -0.628. The fourth-order valence-electron chi connectivity index (χ4n) is 3.78. The average molecular weight is 359 g/mol. The number of hydrogen-bond acceptors (Lipinski definition) is 4. The summed E-state index contributed by atoms with van der Waals surface area (Å²) >= 11 is 0. The van der Waals surface area contributed by atoms with Gasteiger partial charge in [-0.3, -0.25) is 9.69 Å². The average Bonchev–Trinajstić information content (AvgIpc) is 3.09. The number of carboxylic acid groups (broad SMARTS) is 1. The number of nitrogens with zero attached hydrogens (tertiary/aromatic N) is 3. The highest BCUT2D eigenvalue weighted by atomic mass is 16.4. The smallest absolute Gasteiger partial charge is 0.331 e. The Balaban J connectivity index is 2.42. The molecule has 2 unspecified atom stereocenters. The topological polar surface area (TPSA) is 64.1 Å². The zero-order valence-electron chi connectivity index (χ0n) is 15.3. The Morgan fingerprint density at radius 1 is 1.19 bits per heavy atom. The van der Waals surface area contributed by atoms with E-state index in [1.54, 1.807) is 23.3 Å². The van der Waals surface area contributed by atoms with Gasteiger partial charge in [0.1, 0.15) is 12.0 Å². The van der Waals surface area contributed by atoms with Crippen LogP contribution in [0.15, 0.2) is 50.0 Å². The van der Waals surface area contributed by atoms with E-state index < -0.39 is 5.97 Å². The van der Waals surface area contributed by atoms with Gasteiger partial charge in [-0.05, 0) is 32.1 Å². The van der Waals surface area contributed by atoms with Crippen molar-refractivity contribution in [3.05, 3.63) is 50.0 Å². The molecule has 2 heterocycles. The molecule has 0 aromatic carbocycles. The van der Waals surface area contributed by atoms with Gasteiger partial charge < -0.3 is 14.9 Å². The third-order valence-electron chi connectivity index (χ3n) is 5.01. The number of aliphatic carboxylic acids is 1. The van der Waals surface area contributed by atoms with Gasteiger partial charge in [0, 0.05) is 25.8 Å². The van der Waals surface area contributed by atoms with Gasteiger partial charge in [0.25, 0.3) is 0 Å². The van der Waals surface area contributed by atoms with E-state index in [2.05, 4.69) is 24.6 Å². The van der Waals surface area contributed by atoms with Crippen molar-refractivity contribution in [1.29, 1.82) is 0 Å². The fraction of sp³-hybridized carbons (Fsp3) is 0.500. The molecule has 26 heavy (non-hydrogen) atoms. The molecule has 1 N–H and O–H groups in total. The van der Waals surface area contributed by atoms with Gasteiger partial charge in [-0.1, -0.05) is 18.7 Å². The Kier molecular flexibility index (Phi) is 7.06. The van der Waals surface area contributed by atoms with Crippen molar-refractivity contribution in [1.82, 2.24) is 14.7 Å². The fourth-order valence-corrected chi connectivity index (χ4v) is 3.78. The summed E-state index contributed by atoms with van der Waals surface area (Å²) < 4.78 is 0. The maximum Gasteiger partial charge on any atom is 0.331 e. The molecule has 6 heteroatoms. The molecule has 2 aliphatic heterocycles. The second-order valence-electron chi connectivity index (χ2n) is 6.66. The number of carbonyl (C=O) groups excluding carboxylic acids is 1. The second-order valence-corrected chi connectivity index (χ2v) is 6.66. The van der Waals surface area contributed by atoms with Crippen molar-refractivity contribution < 1.29 is 14.7 Å². The highest BCUT2D eigenvalue weighted by Gasteiger charge is 2.35. The molecule has 0 radical (unpaired) electrons. The third kappa shape index (κ3) is 4.36. The zero-order chi connectivity index (χ0) is 19.1. The Morgan fingerprint density at radius 3 is 2.42 bits per heavy atom. The highest BCUT2D eigenvalue weighted by molar-refractivity contribution is 5.82. The van der Waals surface area contributed by atoms with Crippen LogP contribution in [0.25, 0.3) is 0 Å². The quantitative estimate of drug-likeness (QED) is 0.533. The van der Waals surface area contributed by atoms with Gasteiger partial charge in [0.05, 0.1) is 12.0 Å². The van der Waals surface area contributed by atoms with Gasteiger partial charge in [-0.25, -0.2) is 4.79 Å². The number of rotatable bonds is 8.